The van der Waals surface area contributed by atoms with Crippen LogP contribution >= 0.6 is 11.6 Å². The molecular weight excluding hydrogens is 330 g/mol. The Kier molecular flexibility index (Phi) is 6.99. The van der Waals surface area contributed by atoms with Gasteiger partial charge in [-0.15, -0.1) is 0 Å². The van der Waals surface area contributed by atoms with E-state index in [9.17, 15) is 14.9 Å². The van der Waals surface area contributed by atoms with Crippen LogP contribution < -0.4 is 5.32 Å². The lowest BCUT2D eigenvalue weighted by Crippen LogP contribution is -2.35. The lowest BCUT2D eigenvalue weighted by atomic mass is 9.94. The van der Waals surface area contributed by atoms with Crippen LogP contribution in [-0.4, -0.2) is 41.9 Å². The fourth-order valence-corrected chi connectivity index (χ4v) is 3.39. The predicted octanol–water partition coefficient (Wildman–Crippen LogP) is 3.63. The summed E-state index contributed by atoms with van der Waals surface area (Å²) in [6, 6.07) is 4.55. The fraction of sp³-hybridized carbons (Fsp3) is 0.588. The number of benzene rings is 1. The molecule has 0 aromatic heterocycles. The highest BCUT2D eigenvalue weighted by Crippen LogP contribution is 2.23. The van der Waals surface area contributed by atoms with Crippen molar-refractivity contribution in [2.75, 3.05) is 20.1 Å². The van der Waals surface area contributed by atoms with Gasteiger partial charge in [-0.3, -0.25) is 14.9 Å². The summed E-state index contributed by atoms with van der Waals surface area (Å²) >= 11 is 5.96. The van der Waals surface area contributed by atoms with Crippen LogP contribution in [0, 0.1) is 10.1 Å². The van der Waals surface area contributed by atoms with Crippen LogP contribution in [-0.2, 0) is 0 Å². The van der Waals surface area contributed by atoms with E-state index in [1.807, 2.05) is 0 Å². The Hall–Kier alpha value is -1.66. The zero-order valence-corrected chi connectivity index (χ0v) is 14.7. The first-order chi connectivity index (χ1) is 11.5. The van der Waals surface area contributed by atoms with Gasteiger partial charge in [0.05, 0.1) is 15.5 Å². The molecule has 0 spiro atoms. The van der Waals surface area contributed by atoms with Crippen molar-refractivity contribution in [2.45, 2.75) is 44.6 Å². The number of nitro groups is 1. The molecule has 132 valence electrons. The first-order valence-corrected chi connectivity index (χ1v) is 8.79. The molecule has 1 aliphatic carbocycles. The number of carbonyl (C=O) groups excluding carboxylic acids is 1. The summed E-state index contributed by atoms with van der Waals surface area (Å²) in [6.07, 6.45) is 7.36. The topological polar surface area (TPSA) is 75.5 Å². The maximum absolute atomic E-state index is 12.1. The van der Waals surface area contributed by atoms with Crippen molar-refractivity contribution < 1.29 is 9.72 Å². The number of rotatable bonds is 7. The highest BCUT2D eigenvalue weighted by atomic mass is 35.5. The number of halogens is 1. The van der Waals surface area contributed by atoms with Crippen molar-refractivity contribution in [3.05, 3.63) is 38.9 Å². The Balaban J connectivity index is 1.76. The van der Waals surface area contributed by atoms with Gasteiger partial charge < -0.3 is 10.2 Å². The Morgan fingerprint density at radius 3 is 2.71 bits per heavy atom. The molecule has 6 nitrogen and oxygen atoms in total. The van der Waals surface area contributed by atoms with Gasteiger partial charge in [-0.05, 0) is 38.9 Å². The predicted molar refractivity (Wildman–Crippen MR) is 94.6 cm³/mol. The number of non-ortho nitro benzene ring substituents is 1. The Labute approximate surface area is 147 Å². The van der Waals surface area contributed by atoms with Gasteiger partial charge in [0.2, 0.25) is 0 Å². The zero-order chi connectivity index (χ0) is 17.5. The van der Waals surface area contributed by atoms with E-state index in [1.165, 1.54) is 50.3 Å². The van der Waals surface area contributed by atoms with Crippen molar-refractivity contribution in [2.24, 2.45) is 0 Å². The molecule has 0 unspecified atom stereocenters. The SMILES string of the molecule is CN(CCCNC(=O)c1ccc([N+](=O)[O-])cc1Cl)C1CCCCC1. The summed E-state index contributed by atoms with van der Waals surface area (Å²) in [5.41, 5.74) is 0.147. The third kappa shape index (κ3) is 5.18. The minimum atomic E-state index is -0.533. The van der Waals surface area contributed by atoms with Crippen LogP contribution in [0.5, 0.6) is 0 Å². The molecule has 0 aliphatic heterocycles. The maximum atomic E-state index is 12.1. The average Bonchev–Trinajstić information content (AvgIpc) is 2.58. The standard InChI is InChI=1S/C17H24ClN3O3/c1-20(13-6-3-2-4-7-13)11-5-10-19-17(22)15-9-8-14(21(23)24)12-16(15)18/h8-9,12-13H,2-7,10-11H2,1H3,(H,19,22). The highest BCUT2D eigenvalue weighted by molar-refractivity contribution is 6.34. The van der Waals surface area contributed by atoms with E-state index in [1.54, 1.807) is 0 Å². The molecule has 0 heterocycles. The van der Waals surface area contributed by atoms with E-state index in [-0.39, 0.29) is 22.2 Å². The second-order valence-corrected chi connectivity index (χ2v) is 6.71. The van der Waals surface area contributed by atoms with E-state index in [4.69, 9.17) is 11.6 Å². The van der Waals surface area contributed by atoms with Crippen LogP contribution in [0.4, 0.5) is 5.69 Å². The van der Waals surface area contributed by atoms with Gasteiger partial charge in [0.1, 0.15) is 0 Å². The van der Waals surface area contributed by atoms with E-state index in [0.29, 0.717) is 12.6 Å². The summed E-state index contributed by atoms with van der Waals surface area (Å²) in [4.78, 5) is 24.6. The number of nitrogens with zero attached hydrogens (tertiary/aromatic N) is 2. The molecule has 1 aliphatic rings. The summed E-state index contributed by atoms with van der Waals surface area (Å²) in [7, 11) is 2.14. The molecule has 1 fully saturated rings. The molecule has 24 heavy (non-hydrogen) atoms. The number of nitro benzene ring substituents is 1. The third-order valence-electron chi connectivity index (χ3n) is 4.58. The Morgan fingerprint density at radius 2 is 2.08 bits per heavy atom. The molecule has 1 amide bonds. The largest absolute Gasteiger partial charge is 0.352 e. The highest BCUT2D eigenvalue weighted by Gasteiger charge is 2.18. The van der Waals surface area contributed by atoms with Gasteiger partial charge in [-0.1, -0.05) is 30.9 Å². The molecule has 0 radical (unpaired) electrons. The summed E-state index contributed by atoms with van der Waals surface area (Å²) in [5, 5.41) is 13.6. The summed E-state index contributed by atoms with van der Waals surface area (Å²) < 4.78 is 0. The monoisotopic (exact) mass is 353 g/mol. The molecule has 0 bridgehead atoms. The van der Waals surface area contributed by atoms with Gasteiger partial charge in [0.25, 0.3) is 11.6 Å². The zero-order valence-electron chi connectivity index (χ0n) is 14.0. The molecule has 1 aromatic carbocycles. The second kappa shape index (κ2) is 8.99. The van der Waals surface area contributed by atoms with Crippen molar-refractivity contribution in [1.29, 1.82) is 0 Å². The minimum Gasteiger partial charge on any atom is -0.352 e. The average molecular weight is 354 g/mol. The summed E-state index contributed by atoms with van der Waals surface area (Å²) in [6.45, 7) is 1.50. The number of hydrogen-bond donors (Lipinski definition) is 1. The van der Waals surface area contributed by atoms with E-state index < -0.39 is 4.92 Å². The Morgan fingerprint density at radius 1 is 1.38 bits per heavy atom. The van der Waals surface area contributed by atoms with Crippen LogP contribution in [0.15, 0.2) is 18.2 Å². The normalized spacial score (nSPS) is 15.5. The van der Waals surface area contributed by atoms with Crippen LogP contribution in [0.2, 0.25) is 5.02 Å². The molecular formula is C17H24ClN3O3. The van der Waals surface area contributed by atoms with Gasteiger partial charge in [-0.25, -0.2) is 0 Å². The molecule has 1 saturated carbocycles. The molecule has 1 aromatic rings. The first kappa shape index (κ1) is 18.7. The molecule has 0 atom stereocenters. The number of hydrogen-bond acceptors (Lipinski definition) is 4. The minimum absolute atomic E-state index is 0.0982. The van der Waals surface area contributed by atoms with Crippen molar-refractivity contribution >= 4 is 23.2 Å². The maximum Gasteiger partial charge on any atom is 0.270 e. The van der Waals surface area contributed by atoms with E-state index in [0.717, 1.165) is 13.0 Å². The van der Waals surface area contributed by atoms with Gasteiger partial charge >= 0.3 is 0 Å². The number of amides is 1. The van der Waals surface area contributed by atoms with Crippen LogP contribution in [0.25, 0.3) is 0 Å². The van der Waals surface area contributed by atoms with E-state index >= 15 is 0 Å². The van der Waals surface area contributed by atoms with Gasteiger partial charge in [0, 0.05) is 24.7 Å². The van der Waals surface area contributed by atoms with E-state index in [2.05, 4.69) is 17.3 Å². The van der Waals surface area contributed by atoms with Crippen LogP contribution in [0.3, 0.4) is 0 Å². The molecule has 1 N–H and O–H groups in total. The molecule has 7 heteroatoms. The second-order valence-electron chi connectivity index (χ2n) is 6.30. The summed E-state index contributed by atoms with van der Waals surface area (Å²) in [5.74, 6) is -0.296. The first-order valence-electron chi connectivity index (χ1n) is 8.41. The van der Waals surface area contributed by atoms with Crippen molar-refractivity contribution in [3.8, 4) is 0 Å². The number of nitrogens with one attached hydrogen (secondary N) is 1. The quantitative estimate of drug-likeness (QED) is 0.461. The molecule has 2 rings (SSSR count). The van der Waals surface area contributed by atoms with Crippen LogP contribution in [0.1, 0.15) is 48.9 Å². The van der Waals surface area contributed by atoms with Gasteiger partial charge in [-0.2, -0.15) is 0 Å². The Bertz CT molecular complexity index is 588. The number of carbonyl (C=O) groups is 1. The molecule has 0 saturated heterocycles. The lowest BCUT2D eigenvalue weighted by Gasteiger charge is -2.31. The fourth-order valence-electron chi connectivity index (χ4n) is 3.13. The third-order valence-corrected chi connectivity index (χ3v) is 4.89. The smallest absolute Gasteiger partial charge is 0.270 e. The van der Waals surface area contributed by atoms with Gasteiger partial charge in [0.15, 0.2) is 0 Å². The van der Waals surface area contributed by atoms with Crippen molar-refractivity contribution in [3.63, 3.8) is 0 Å². The van der Waals surface area contributed by atoms with Crippen molar-refractivity contribution in [1.82, 2.24) is 10.2 Å². The lowest BCUT2D eigenvalue weighted by molar-refractivity contribution is -0.384.